The van der Waals surface area contributed by atoms with Crippen molar-refractivity contribution in [3.8, 4) is 0 Å². The quantitative estimate of drug-likeness (QED) is 0.806. The molecule has 0 radical (unpaired) electrons. The van der Waals surface area contributed by atoms with Crippen LogP contribution >= 0.6 is 0 Å². The van der Waals surface area contributed by atoms with Crippen LogP contribution in [0.3, 0.4) is 0 Å². The first-order valence-electron chi connectivity index (χ1n) is 7.96. The number of hydrazone groups is 1. The number of hydrogen-bond donors (Lipinski definition) is 0. The van der Waals surface area contributed by atoms with Crippen LogP contribution in [-0.4, -0.2) is 51.2 Å². The fourth-order valence-corrected chi connectivity index (χ4v) is 2.72. The van der Waals surface area contributed by atoms with E-state index in [1.807, 2.05) is 30.3 Å². The molecule has 2 aromatic rings. The molecule has 3 rings (SSSR count). The van der Waals surface area contributed by atoms with E-state index in [1.54, 1.807) is 11.9 Å². The van der Waals surface area contributed by atoms with Crippen molar-refractivity contribution in [3.63, 3.8) is 0 Å². The lowest BCUT2D eigenvalue weighted by Gasteiger charge is -2.19. The molecular formula is C17H19F2N5O. The lowest BCUT2D eigenvalue weighted by Crippen LogP contribution is -2.35. The van der Waals surface area contributed by atoms with Crippen LogP contribution in [0, 0.1) is 0 Å². The summed E-state index contributed by atoms with van der Waals surface area (Å²) in [5.74, 6) is 0.0591. The second kappa shape index (κ2) is 7.52. The maximum Gasteiger partial charge on any atom is 0.319 e. The van der Waals surface area contributed by atoms with Gasteiger partial charge < -0.3 is 0 Å². The van der Waals surface area contributed by atoms with Gasteiger partial charge in [-0.05, 0) is 12.6 Å². The molecule has 0 atom stereocenters. The smallest absolute Gasteiger partial charge is 0.290 e. The molecule has 1 aromatic heterocycles. The van der Waals surface area contributed by atoms with Crippen molar-refractivity contribution < 1.29 is 13.6 Å². The van der Waals surface area contributed by atoms with Crippen molar-refractivity contribution in [3.05, 3.63) is 54.1 Å². The average molecular weight is 347 g/mol. The van der Waals surface area contributed by atoms with E-state index in [0.717, 1.165) is 15.8 Å². The van der Waals surface area contributed by atoms with E-state index in [9.17, 15) is 13.6 Å². The third kappa shape index (κ3) is 4.08. The first-order chi connectivity index (χ1) is 12.0. The number of alkyl halides is 2. The molecule has 1 aliphatic rings. The van der Waals surface area contributed by atoms with Crippen molar-refractivity contribution >= 4 is 11.6 Å². The van der Waals surface area contributed by atoms with E-state index in [-0.39, 0.29) is 24.8 Å². The fourth-order valence-electron chi connectivity index (χ4n) is 2.72. The predicted molar refractivity (Wildman–Crippen MR) is 89.1 cm³/mol. The number of hydrogen-bond acceptors (Lipinski definition) is 4. The van der Waals surface area contributed by atoms with Gasteiger partial charge in [0.15, 0.2) is 0 Å². The number of amides is 1. The number of halogens is 2. The van der Waals surface area contributed by atoms with E-state index in [1.165, 1.54) is 17.4 Å². The normalized spacial score (nSPS) is 14.4. The van der Waals surface area contributed by atoms with Gasteiger partial charge in [-0.1, -0.05) is 30.3 Å². The van der Waals surface area contributed by atoms with Crippen molar-refractivity contribution in [1.29, 1.82) is 0 Å². The standard InChI is InChI=1S/C17H19F2N5O/c1-22(11-15-20-8-10-23(15)17(18)19)12-16(25)24-9-7-14(21-24)13-5-3-2-4-6-13/h2-6,8,10,17H,7,9,11-12H2,1H3. The van der Waals surface area contributed by atoms with Gasteiger partial charge in [0, 0.05) is 18.8 Å². The lowest BCUT2D eigenvalue weighted by atomic mass is 10.1. The third-order valence-corrected chi connectivity index (χ3v) is 3.97. The topological polar surface area (TPSA) is 53.7 Å². The van der Waals surface area contributed by atoms with Gasteiger partial charge in [0.05, 0.1) is 25.3 Å². The Kier molecular flexibility index (Phi) is 5.18. The van der Waals surface area contributed by atoms with E-state index in [2.05, 4.69) is 10.1 Å². The minimum Gasteiger partial charge on any atom is -0.290 e. The number of rotatable bonds is 6. The Morgan fingerprint density at radius 1 is 1.32 bits per heavy atom. The van der Waals surface area contributed by atoms with Crippen molar-refractivity contribution in [1.82, 2.24) is 19.5 Å². The van der Waals surface area contributed by atoms with Gasteiger partial charge in [-0.15, -0.1) is 0 Å². The van der Waals surface area contributed by atoms with Crippen LogP contribution in [0.15, 0.2) is 47.8 Å². The molecule has 0 spiro atoms. The molecule has 1 aliphatic heterocycles. The molecule has 1 amide bonds. The molecule has 0 fully saturated rings. The zero-order valence-electron chi connectivity index (χ0n) is 13.8. The Morgan fingerprint density at radius 3 is 2.80 bits per heavy atom. The van der Waals surface area contributed by atoms with Crippen LogP contribution in [0.5, 0.6) is 0 Å². The minimum absolute atomic E-state index is 0.0850. The van der Waals surface area contributed by atoms with E-state index in [0.29, 0.717) is 13.0 Å². The molecule has 1 aromatic carbocycles. The van der Waals surface area contributed by atoms with Gasteiger partial charge in [0.2, 0.25) is 0 Å². The predicted octanol–water partition coefficient (Wildman–Crippen LogP) is 2.35. The highest BCUT2D eigenvalue weighted by molar-refractivity contribution is 6.02. The molecule has 0 aliphatic carbocycles. The number of aromatic nitrogens is 2. The van der Waals surface area contributed by atoms with Gasteiger partial charge in [0.25, 0.3) is 5.91 Å². The largest absolute Gasteiger partial charge is 0.319 e. The maximum absolute atomic E-state index is 12.8. The Bertz CT molecular complexity index is 759. The zero-order valence-corrected chi connectivity index (χ0v) is 13.8. The number of nitrogens with zero attached hydrogens (tertiary/aromatic N) is 5. The number of imidazole rings is 1. The van der Waals surface area contributed by atoms with Crippen LogP contribution in [0.25, 0.3) is 0 Å². The Morgan fingerprint density at radius 2 is 2.08 bits per heavy atom. The summed E-state index contributed by atoms with van der Waals surface area (Å²) in [6, 6.07) is 9.72. The number of carbonyl (C=O) groups is 1. The van der Waals surface area contributed by atoms with Crippen LogP contribution in [-0.2, 0) is 11.3 Å². The number of likely N-dealkylation sites (N-methyl/N-ethyl adjacent to an activating group) is 1. The van der Waals surface area contributed by atoms with Gasteiger partial charge in [-0.3, -0.25) is 14.3 Å². The molecule has 2 heterocycles. The Balaban J connectivity index is 1.59. The molecule has 0 N–H and O–H groups in total. The molecule has 0 unspecified atom stereocenters. The molecule has 6 nitrogen and oxygen atoms in total. The summed E-state index contributed by atoms with van der Waals surface area (Å²) < 4.78 is 26.5. The molecule has 0 saturated heterocycles. The second-order valence-electron chi connectivity index (χ2n) is 5.88. The van der Waals surface area contributed by atoms with E-state index in [4.69, 9.17) is 0 Å². The summed E-state index contributed by atoms with van der Waals surface area (Å²) in [5.41, 5.74) is 1.88. The summed E-state index contributed by atoms with van der Waals surface area (Å²) >= 11 is 0. The van der Waals surface area contributed by atoms with Crippen molar-refractivity contribution in [2.45, 2.75) is 19.5 Å². The zero-order chi connectivity index (χ0) is 17.8. The minimum atomic E-state index is -2.64. The molecular weight excluding hydrogens is 328 g/mol. The highest BCUT2D eigenvalue weighted by atomic mass is 19.3. The Hall–Kier alpha value is -2.61. The second-order valence-corrected chi connectivity index (χ2v) is 5.88. The first-order valence-corrected chi connectivity index (χ1v) is 7.96. The monoisotopic (exact) mass is 347 g/mol. The van der Waals surface area contributed by atoms with Crippen LogP contribution in [0.4, 0.5) is 8.78 Å². The highest BCUT2D eigenvalue weighted by Crippen LogP contribution is 2.15. The highest BCUT2D eigenvalue weighted by Gasteiger charge is 2.23. The fraction of sp³-hybridized carbons (Fsp3) is 0.353. The molecule has 132 valence electrons. The maximum atomic E-state index is 12.8. The van der Waals surface area contributed by atoms with Gasteiger partial charge in [0.1, 0.15) is 5.82 Å². The van der Waals surface area contributed by atoms with Gasteiger partial charge in [-0.25, -0.2) is 9.99 Å². The van der Waals surface area contributed by atoms with Crippen molar-refractivity contribution in [2.24, 2.45) is 5.10 Å². The van der Waals surface area contributed by atoms with Crippen LogP contribution in [0.1, 0.15) is 24.4 Å². The molecule has 25 heavy (non-hydrogen) atoms. The van der Waals surface area contributed by atoms with E-state index >= 15 is 0 Å². The summed E-state index contributed by atoms with van der Waals surface area (Å²) in [7, 11) is 1.69. The van der Waals surface area contributed by atoms with Gasteiger partial charge in [-0.2, -0.15) is 13.9 Å². The van der Waals surface area contributed by atoms with Crippen LogP contribution in [0.2, 0.25) is 0 Å². The van der Waals surface area contributed by atoms with Gasteiger partial charge >= 0.3 is 6.55 Å². The lowest BCUT2D eigenvalue weighted by molar-refractivity contribution is -0.131. The summed E-state index contributed by atoms with van der Waals surface area (Å²) in [6.07, 6.45) is 3.26. The average Bonchev–Trinajstić information content (AvgIpc) is 3.24. The third-order valence-electron chi connectivity index (χ3n) is 3.97. The molecule has 8 heteroatoms. The first kappa shape index (κ1) is 17.2. The van der Waals surface area contributed by atoms with E-state index < -0.39 is 6.55 Å². The molecule has 0 bridgehead atoms. The SMILES string of the molecule is CN(CC(=O)N1CCC(c2ccccc2)=N1)Cc1nccn1C(F)F. The summed E-state index contributed by atoms with van der Waals surface area (Å²) in [4.78, 5) is 18.0. The summed E-state index contributed by atoms with van der Waals surface area (Å²) in [5, 5.41) is 5.83. The number of benzene rings is 1. The van der Waals surface area contributed by atoms with Crippen LogP contribution < -0.4 is 0 Å². The van der Waals surface area contributed by atoms with Crippen molar-refractivity contribution in [2.75, 3.05) is 20.1 Å². The number of carbonyl (C=O) groups excluding carboxylic acids is 1. The Labute approximate surface area is 144 Å². The summed E-state index contributed by atoms with van der Waals surface area (Å²) in [6.45, 7) is -1.87. The molecule has 0 saturated carbocycles.